The van der Waals surface area contributed by atoms with E-state index in [1.165, 1.54) is 6.33 Å². The predicted octanol–water partition coefficient (Wildman–Crippen LogP) is 0.678. The fourth-order valence-electron chi connectivity index (χ4n) is 1.26. The minimum atomic E-state index is -0.374. The standard InChI is InChI=1S/C10H11N5O/c11-6-2-1-3-7(4-6)15-9-8(12)10(16)14-5-13-9/h1-5H,11-12H2,(H2,13,14,15,16). The first-order chi connectivity index (χ1) is 7.66. The van der Waals surface area contributed by atoms with Crippen LogP contribution in [0.3, 0.4) is 0 Å². The summed E-state index contributed by atoms with van der Waals surface area (Å²) >= 11 is 0. The third kappa shape index (κ3) is 1.95. The van der Waals surface area contributed by atoms with Crippen molar-refractivity contribution < 1.29 is 0 Å². The highest BCUT2D eigenvalue weighted by Gasteiger charge is 2.04. The first-order valence-electron chi connectivity index (χ1n) is 4.62. The first kappa shape index (κ1) is 10.0. The number of nitrogens with two attached hydrogens (primary N) is 2. The summed E-state index contributed by atoms with van der Waals surface area (Å²) in [5.74, 6) is 0.314. The average Bonchev–Trinajstić information content (AvgIpc) is 2.25. The molecule has 0 atom stereocenters. The molecule has 1 aromatic heterocycles. The van der Waals surface area contributed by atoms with Crippen molar-refractivity contribution in [2.45, 2.75) is 0 Å². The van der Waals surface area contributed by atoms with Gasteiger partial charge < -0.3 is 21.8 Å². The highest BCUT2D eigenvalue weighted by Crippen LogP contribution is 2.18. The molecule has 6 heteroatoms. The molecule has 1 aromatic carbocycles. The van der Waals surface area contributed by atoms with Crippen molar-refractivity contribution in [2.75, 3.05) is 16.8 Å². The monoisotopic (exact) mass is 217 g/mol. The highest BCUT2D eigenvalue weighted by molar-refractivity contribution is 5.69. The van der Waals surface area contributed by atoms with Crippen molar-refractivity contribution in [3.05, 3.63) is 40.9 Å². The topological polar surface area (TPSA) is 110 Å². The molecule has 1 heterocycles. The van der Waals surface area contributed by atoms with Gasteiger partial charge in [0, 0.05) is 11.4 Å². The zero-order chi connectivity index (χ0) is 11.5. The second-order valence-corrected chi connectivity index (χ2v) is 3.24. The summed E-state index contributed by atoms with van der Waals surface area (Å²) < 4.78 is 0. The number of H-pyrrole nitrogens is 1. The van der Waals surface area contributed by atoms with Crippen LogP contribution in [0, 0.1) is 0 Å². The molecule has 0 spiro atoms. The number of hydrogen-bond donors (Lipinski definition) is 4. The van der Waals surface area contributed by atoms with Gasteiger partial charge in [-0.1, -0.05) is 6.07 Å². The van der Waals surface area contributed by atoms with Gasteiger partial charge in [0.1, 0.15) is 5.69 Å². The van der Waals surface area contributed by atoms with Crippen LogP contribution in [-0.2, 0) is 0 Å². The maximum atomic E-state index is 11.2. The molecular formula is C10H11N5O. The normalized spacial score (nSPS) is 10.0. The van der Waals surface area contributed by atoms with Crippen molar-refractivity contribution in [3.8, 4) is 0 Å². The third-order valence-corrected chi connectivity index (χ3v) is 2.04. The van der Waals surface area contributed by atoms with Gasteiger partial charge in [0.05, 0.1) is 6.33 Å². The molecule has 0 aliphatic rings. The Morgan fingerprint density at radius 3 is 2.88 bits per heavy atom. The van der Waals surface area contributed by atoms with E-state index < -0.39 is 0 Å². The smallest absolute Gasteiger partial charge is 0.276 e. The Morgan fingerprint density at radius 2 is 2.12 bits per heavy atom. The lowest BCUT2D eigenvalue weighted by atomic mass is 10.3. The lowest BCUT2D eigenvalue weighted by Gasteiger charge is -2.07. The van der Waals surface area contributed by atoms with Crippen LogP contribution in [0.15, 0.2) is 35.4 Å². The molecule has 2 rings (SSSR count). The summed E-state index contributed by atoms with van der Waals surface area (Å²) in [4.78, 5) is 17.5. The number of benzene rings is 1. The molecule has 0 fully saturated rings. The van der Waals surface area contributed by atoms with Crippen LogP contribution in [0.5, 0.6) is 0 Å². The number of nitrogen functional groups attached to an aromatic ring is 2. The van der Waals surface area contributed by atoms with E-state index in [0.717, 1.165) is 5.69 Å². The van der Waals surface area contributed by atoms with Gasteiger partial charge >= 0.3 is 0 Å². The van der Waals surface area contributed by atoms with Crippen LogP contribution in [0.4, 0.5) is 22.9 Å². The van der Waals surface area contributed by atoms with Crippen LogP contribution in [-0.4, -0.2) is 9.97 Å². The summed E-state index contributed by atoms with van der Waals surface area (Å²) in [5.41, 5.74) is 12.2. The van der Waals surface area contributed by atoms with E-state index in [9.17, 15) is 4.79 Å². The van der Waals surface area contributed by atoms with Crippen molar-refractivity contribution in [2.24, 2.45) is 0 Å². The summed E-state index contributed by atoms with van der Waals surface area (Å²) in [5, 5.41) is 2.92. The molecule has 2 aromatic rings. The van der Waals surface area contributed by atoms with Crippen LogP contribution >= 0.6 is 0 Å². The Balaban J connectivity index is 2.34. The quantitative estimate of drug-likeness (QED) is 0.553. The van der Waals surface area contributed by atoms with Crippen molar-refractivity contribution >= 4 is 22.9 Å². The molecule has 6 N–H and O–H groups in total. The number of nitrogens with one attached hydrogen (secondary N) is 2. The Hall–Kier alpha value is -2.50. The van der Waals surface area contributed by atoms with Gasteiger partial charge in [0.25, 0.3) is 5.56 Å². The number of aromatic nitrogens is 2. The minimum Gasteiger partial charge on any atom is -0.399 e. The molecule has 0 aliphatic carbocycles. The van der Waals surface area contributed by atoms with E-state index in [2.05, 4.69) is 15.3 Å². The minimum absolute atomic E-state index is 0.0462. The second-order valence-electron chi connectivity index (χ2n) is 3.24. The van der Waals surface area contributed by atoms with E-state index in [1.54, 1.807) is 24.3 Å². The Morgan fingerprint density at radius 1 is 1.31 bits per heavy atom. The van der Waals surface area contributed by atoms with Gasteiger partial charge in [-0.25, -0.2) is 4.98 Å². The maximum Gasteiger partial charge on any atom is 0.276 e. The number of aromatic amines is 1. The highest BCUT2D eigenvalue weighted by atomic mass is 16.1. The molecule has 82 valence electrons. The molecule has 0 radical (unpaired) electrons. The van der Waals surface area contributed by atoms with Gasteiger partial charge in [0.15, 0.2) is 5.82 Å². The van der Waals surface area contributed by atoms with Crippen LogP contribution < -0.4 is 22.3 Å². The fraction of sp³-hybridized carbons (Fsp3) is 0. The number of nitrogens with zero attached hydrogens (tertiary/aromatic N) is 1. The molecule has 16 heavy (non-hydrogen) atoms. The molecule has 0 aliphatic heterocycles. The van der Waals surface area contributed by atoms with Gasteiger partial charge in [-0.2, -0.15) is 0 Å². The van der Waals surface area contributed by atoms with Gasteiger partial charge in [-0.05, 0) is 18.2 Å². The molecule has 0 saturated heterocycles. The third-order valence-electron chi connectivity index (χ3n) is 2.04. The largest absolute Gasteiger partial charge is 0.399 e. The molecule has 6 nitrogen and oxygen atoms in total. The number of anilines is 4. The Bertz CT molecular complexity index is 563. The van der Waals surface area contributed by atoms with Crippen LogP contribution in [0.2, 0.25) is 0 Å². The molecule has 0 amide bonds. The Labute approximate surface area is 91.3 Å². The summed E-state index contributed by atoms with van der Waals surface area (Å²) in [7, 11) is 0. The summed E-state index contributed by atoms with van der Waals surface area (Å²) in [6.45, 7) is 0. The zero-order valence-corrected chi connectivity index (χ0v) is 8.40. The van der Waals surface area contributed by atoms with E-state index in [-0.39, 0.29) is 11.2 Å². The van der Waals surface area contributed by atoms with Gasteiger partial charge in [-0.15, -0.1) is 0 Å². The van der Waals surface area contributed by atoms with Gasteiger partial charge in [0.2, 0.25) is 0 Å². The predicted molar refractivity (Wildman–Crippen MR) is 63.4 cm³/mol. The lowest BCUT2D eigenvalue weighted by molar-refractivity contribution is 1.13. The SMILES string of the molecule is Nc1cccc(Nc2nc[nH]c(=O)c2N)c1. The fourth-order valence-corrected chi connectivity index (χ4v) is 1.26. The van der Waals surface area contributed by atoms with Crippen molar-refractivity contribution in [3.63, 3.8) is 0 Å². The lowest BCUT2D eigenvalue weighted by Crippen LogP contribution is -2.14. The second kappa shape index (κ2) is 3.93. The number of rotatable bonds is 2. The summed E-state index contributed by atoms with van der Waals surface area (Å²) in [6.07, 6.45) is 1.29. The van der Waals surface area contributed by atoms with E-state index in [4.69, 9.17) is 11.5 Å². The molecular weight excluding hydrogens is 206 g/mol. The maximum absolute atomic E-state index is 11.2. The number of hydrogen-bond acceptors (Lipinski definition) is 5. The van der Waals surface area contributed by atoms with E-state index in [0.29, 0.717) is 11.5 Å². The Kier molecular flexibility index (Phi) is 2.47. The molecule has 0 saturated carbocycles. The van der Waals surface area contributed by atoms with E-state index in [1.807, 2.05) is 0 Å². The van der Waals surface area contributed by atoms with Crippen LogP contribution in [0.25, 0.3) is 0 Å². The van der Waals surface area contributed by atoms with Crippen LogP contribution in [0.1, 0.15) is 0 Å². The van der Waals surface area contributed by atoms with E-state index >= 15 is 0 Å². The molecule has 0 unspecified atom stereocenters. The molecule has 0 bridgehead atoms. The van der Waals surface area contributed by atoms with Crippen molar-refractivity contribution in [1.29, 1.82) is 0 Å². The summed E-state index contributed by atoms with van der Waals surface area (Å²) in [6, 6.07) is 7.09. The van der Waals surface area contributed by atoms with Gasteiger partial charge in [-0.3, -0.25) is 4.79 Å². The first-order valence-corrected chi connectivity index (χ1v) is 4.62. The zero-order valence-electron chi connectivity index (χ0n) is 8.40. The average molecular weight is 217 g/mol. The van der Waals surface area contributed by atoms with Crippen molar-refractivity contribution in [1.82, 2.24) is 9.97 Å².